The monoisotopic (exact) mass is 427 g/mol. The number of ether oxygens (including phenoxy) is 4. The van der Waals surface area contributed by atoms with Gasteiger partial charge in [0.2, 0.25) is 0 Å². The molecule has 1 aromatic rings. The summed E-state index contributed by atoms with van der Waals surface area (Å²) in [5.41, 5.74) is -1.47. The number of hydrogen-bond donors (Lipinski definition) is 6. The molecule has 166 valence electrons. The third kappa shape index (κ3) is 4.48. The van der Waals surface area contributed by atoms with E-state index < -0.39 is 74.6 Å². The van der Waals surface area contributed by atoms with Crippen molar-refractivity contribution in [1.29, 1.82) is 5.26 Å². The van der Waals surface area contributed by atoms with Crippen LogP contribution in [-0.2, 0) is 18.9 Å². The summed E-state index contributed by atoms with van der Waals surface area (Å²) in [6, 6.07) is 10.4. The molecule has 2 heterocycles. The van der Waals surface area contributed by atoms with Crippen molar-refractivity contribution in [2.75, 3.05) is 19.8 Å². The highest BCUT2D eigenvalue weighted by Gasteiger charge is 2.53. The van der Waals surface area contributed by atoms with Crippen LogP contribution in [0.25, 0.3) is 0 Å². The first-order chi connectivity index (χ1) is 14.3. The Bertz CT molecular complexity index is 730. The molecule has 2 aliphatic rings. The van der Waals surface area contributed by atoms with Crippen molar-refractivity contribution in [2.45, 2.75) is 54.8 Å². The van der Waals surface area contributed by atoms with E-state index in [9.17, 15) is 35.9 Å². The number of rotatable bonds is 7. The fourth-order valence-electron chi connectivity index (χ4n) is 3.32. The second kappa shape index (κ2) is 9.63. The Morgan fingerprint density at radius 2 is 1.83 bits per heavy atom. The predicted octanol–water partition coefficient (Wildman–Crippen LogP) is -2.47. The van der Waals surface area contributed by atoms with Gasteiger partial charge in [-0.1, -0.05) is 30.3 Å². The average molecular weight is 427 g/mol. The van der Waals surface area contributed by atoms with Crippen molar-refractivity contribution in [2.24, 2.45) is 0 Å². The van der Waals surface area contributed by atoms with Gasteiger partial charge in [-0.3, -0.25) is 0 Å². The van der Waals surface area contributed by atoms with Crippen molar-refractivity contribution in [3.8, 4) is 6.07 Å². The minimum Gasteiger partial charge on any atom is -0.394 e. The number of nitrogens with zero attached hydrogens (tertiary/aromatic N) is 1. The second-order valence-corrected chi connectivity index (χ2v) is 7.25. The Morgan fingerprint density at radius 3 is 2.40 bits per heavy atom. The number of nitriles is 1. The minimum atomic E-state index is -1.97. The molecular formula is C19H25NO10. The molecule has 6 N–H and O–H groups in total. The Hall–Kier alpha value is -1.69. The Balaban J connectivity index is 1.81. The lowest BCUT2D eigenvalue weighted by atomic mass is 9.98. The summed E-state index contributed by atoms with van der Waals surface area (Å²) >= 11 is 0. The van der Waals surface area contributed by atoms with Crippen LogP contribution in [0.3, 0.4) is 0 Å². The van der Waals surface area contributed by atoms with Gasteiger partial charge in [-0.25, -0.2) is 0 Å². The summed E-state index contributed by atoms with van der Waals surface area (Å²) < 4.78 is 21.9. The maximum atomic E-state index is 10.5. The molecule has 0 radical (unpaired) electrons. The van der Waals surface area contributed by atoms with Gasteiger partial charge in [-0.2, -0.15) is 5.26 Å². The van der Waals surface area contributed by atoms with Crippen LogP contribution in [0.2, 0.25) is 0 Å². The molecule has 0 aliphatic carbocycles. The lowest BCUT2D eigenvalue weighted by Gasteiger charge is -2.43. The maximum absolute atomic E-state index is 10.5. The maximum Gasteiger partial charge on any atom is 0.189 e. The Labute approximate surface area is 172 Å². The van der Waals surface area contributed by atoms with Crippen LogP contribution >= 0.6 is 0 Å². The molecule has 11 heteroatoms. The molecule has 1 aromatic carbocycles. The summed E-state index contributed by atoms with van der Waals surface area (Å²) in [4.78, 5) is 0. The van der Waals surface area contributed by atoms with Gasteiger partial charge in [0.15, 0.2) is 18.7 Å². The van der Waals surface area contributed by atoms with E-state index in [0.717, 1.165) is 0 Å². The molecule has 9 atom stereocenters. The van der Waals surface area contributed by atoms with Crippen LogP contribution in [0.15, 0.2) is 30.3 Å². The smallest absolute Gasteiger partial charge is 0.189 e. The number of aliphatic hydroxyl groups is 6. The van der Waals surface area contributed by atoms with E-state index in [-0.39, 0.29) is 0 Å². The van der Waals surface area contributed by atoms with Crippen molar-refractivity contribution in [1.82, 2.24) is 0 Å². The van der Waals surface area contributed by atoms with E-state index in [1.807, 2.05) is 6.07 Å². The number of benzene rings is 1. The van der Waals surface area contributed by atoms with E-state index >= 15 is 0 Å². The highest BCUT2D eigenvalue weighted by atomic mass is 16.8. The number of aliphatic hydroxyl groups excluding tert-OH is 5. The molecule has 0 amide bonds. The van der Waals surface area contributed by atoms with Crippen LogP contribution in [0.4, 0.5) is 0 Å². The number of hydrogen-bond acceptors (Lipinski definition) is 11. The molecule has 9 unspecified atom stereocenters. The van der Waals surface area contributed by atoms with Gasteiger partial charge in [-0.05, 0) is 5.56 Å². The van der Waals surface area contributed by atoms with Crippen LogP contribution in [0.5, 0.6) is 0 Å². The predicted molar refractivity (Wildman–Crippen MR) is 96.3 cm³/mol. The third-order valence-corrected chi connectivity index (χ3v) is 5.19. The Kier molecular flexibility index (Phi) is 7.38. The molecule has 2 fully saturated rings. The van der Waals surface area contributed by atoms with Gasteiger partial charge >= 0.3 is 0 Å². The van der Waals surface area contributed by atoms with Crippen molar-refractivity contribution >= 4 is 0 Å². The summed E-state index contributed by atoms with van der Waals surface area (Å²) in [6.07, 6.45) is -11.6. The summed E-state index contributed by atoms with van der Waals surface area (Å²) in [5, 5.41) is 69.2. The van der Waals surface area contributed by atoms with E-state index in [1.54, 1.807) is 30.3 Å². The quantitative estimate of drug-likeness (QED) is 0.271. The summed E-state index contributed by atoms with van der Waals surface area (Å²) in [7, 11) is 0. The summed E-state index contributed by atoms with van der Waals surface area (Å²) in [5.74, 6) is 0. The molecule has 0 bridgehead atoms. The van der Waals surface area contributed by atoms with Gasteiger partial charge in [0.05, 0.1) is 25.9 Å². The van der Waals surface area contributed by atoms with Crippen molar-refractivity contribution in [3.63, 3.8) is 0 Å². The van der Waals surface area contributed by atoms with Gasteiger partial charge < -0.3 is 49.6 Å². The first-order valence-corrected chi connectivity index (χ1v) is 9.35. The zero-order chi connectivity index (χ0) is 21.9. The molecule has 0 aromatic heterocycles. The van der Waals surface area contributed by atoms with E-state index in [1.165, 1.54) is 0 Å². The standard InChI is InChI=1S/C19H25NO10/c20-6-11(10-4-2-1-3-5-10)28-17-15(14(24)13(23)12(7-21)29-17)30-18-16(25)19(26,8-22)9-27-18/h1-5,11-18,21-26H,7-9H2. The normalized spacial score (nSPS) is 40.1. The zero-order valence-corrected chi connectivity index (χ0v) is 15.9. The van der Waals surface area contributed by atoms with Gasteiger partial charge in [-0.15, -0.1) is 0 Å². The molecule has 0 saturated carbocycles. The van der Waals surface area contributed by atoms with Crippen molar-refractivity contribution < 1.29 is 49.6 Å². The lowest BCUT2D eigenvalue weighted by Crippen LogP contribution is -2.61. The molecule has 2 saturated heterocycles. The molecule has 3 rings (SSSR count). The first kappa shape index (κ1) is 23.0. The molecule has 11 nitrogen and oxygen atoms in total. The van der Waals surface area contributed by atoms with Crippen molar-refractivity contribution in [3.05, 3.63) is 35.9 Å². The summed E-state index contributed by atoms with van der Waals surface area (Å²) in [6.45, 7) is -1.87. The van der Waals surface area contributed by atoms with Gasteiger partial charge in [0.25, 0.3) is 0 Å². The van der Waals surface area contributed by atoms with E-state index in [4.69, 9.17) is 18.9 Å². The Morgan fingerprint density at radius 1 is 1.13 bits per heavy atom. The highest BCUT2D eigenvalue weighted by Crippen LogP contribution is 2.33. The first-order valence-electron chi connectivity index (χ1n) is 9.35. The minimum absolute atomic E-state index is 0.433. The lowest BCUT2D eigenvalue weighted by molar-refractivity contribution is -0.341. The molecule has 0 spiro atoms. The molecule has 30 heavy (non-hydrogen) atoms. The zero-order valence-electron chi connectivity index (χ0n) is 15.9. The topological polar surface area (TPSA) is 182 Å². The van der Waals surface area contributed by atoms with E-state index in [2.05, 4.69) is 0 Å². The molecular weight excluding hydrogens is 402 g/mol. The SMILES string of the molecule is N#CC(OC1OC(CO)C(O)C(O)C1OC1OCC(O)(CO)C1O)c1ccccc1. The fraction of sp³-hybridized carbons (Fsp3) is 0.632. The third-order valence-electron chi connectivity index (χ3n) is 5.19. The van der Waals surface area contributed by atoms with Gasteiger partial charge in [0, 0.05) is 0 Å². The molecule has 2 aliphatic heterocycles. The largest absolute Gasteiger partial charge is 0.394 e. The average Bonchev–Trinajstić information content (AvgIpc) is 3.06. The van der Waals surface area contributed by atoms with Crippen LogP contribution in [0.1, 0.15) is 11.7 Å². The van der Waals surface area contributed by atoms with Crippen LogP contribution < -0.4 is 0 Å². The second-order valence-electron chi connectivity index (χ2n) is 7.25. The van der Waals surface area contributed by atoms with Gasteiger partial charge in [0.1, 0.15) is 36.1 Å². The van der Waals surface area contributed by atoms with Crippen LogP contribution in [0, 0.1) is 11.3 Å². The van der Waals surface area contributed by atoms with E-state index in [0.29, 0.717) is 5.56 Å². The highest BCUT2D eigenvalue weighted by molar-refractivity contribution is 5.22. The van der Waals surface area contributed by atoms with Crippen LogP contribution in [-0.4, -0.2) is 99.2 Å². The fourth-order valence-corrected chi connectivity index (χ4v) is 3.32.